The molecule has 0 atom stereocenters. The van der Waals surface area contributed by atoms with E-state index < -0.39 is 4.92 Å². The number of non-ortho nitro benzene ring substituents is 1. The first kappa shape index (κ1) is 14.5. The zero-order valence-corrected chi connectivity index (χ0v) is 11.4. The van der Waals surface area contributed by atoms with Gasteiger partial charge in [-0.2, -0.15) is 0 Å². The molecule has 0 amide bonds. The molecule has 0 fully saturated rings. The number of benzene rings is 1. The molecule has 0 aromatic heterocycles. The minimum atomic E-state index is -0.404. The summed E-state index contributed by atoms with van der Waals surface area (Å²) in [7, 11) is 1.99. The van der Waals surface area contributed by atoms with Crippen molar-refractivity contribution in [3.63, 3.8) is 0 Å². The molecule has 1 rings (SSSR count). The lowest BCUT2D eigenvalue weighted by molar-refractivity contribution is -0.384. The summed E-state index contributed by atoms with van der Waals surface area (Å²) >= 11 is 1.56. The molecule has 0 heterocycles. The molecule has 0 saturated heterocycles. The summed E-state index contributed by atoms with van der Waals surface area (Å²) in [6, 6.07) is 4.78. The Bertz CT molecular complexity index is 437. The van der Waals surface area contributed by atoms with Crippen molar-refractivity contribution in [3.8, 4) is 0 Å². The van der Waals surface area contributed by atoms with E-state index in [9.17, 15) is 10.1 Å². The van der Waals surface area contributed by atoms with E-state index in [1.807, 2.05) is 7.05 Å². The van der Waals surface area contributed by atoms with Crippen LogP contribution in [0.2, 0.25) is 0 Å². The molecule has 18 heavy (non-hydrogen) atoms. The van der Waals surface area contributed by atoms with Gasteiger partial charge in [0.05, 0.1) is 10.6 Å². The van der Waals surface area contributed by atoms with Gasteiger partial charge >= 0.3 is 0 Å². The lowest BCUT2D eigenvalue weighted by atomic mass is 10.3. The first-order valence-electron chi connectivity index (χ1n) is 5.63. The molecule has 0 radical (unpaired) electrons. The summed E-state index contributed by atoms with van der Waals surface area (Å²) in [5.74, 6) is 0. The van der Waals surface area contributed by atoms with Gasteiger partial charge in [-0.3, -0.25) is 10.1 Å². The van der Waals surface area contributed by atoms with Crippen molar-refractivity contribution in [1.82, 2.24) is 4.31 Å². The van der Waals surface area contributed by atoms with Crippen molar-refractivity contribution in [2.24, 2.45) is 0 Å². The fraction of sp³-hybridized carbons (Fsp3) is 0.333. The highest BCUT2D eigenvalue weighted by Crippen LogP contribution is 2.32. The molecule has 0 saturated carbocycles. The Morgan fingerprint density at radius 1 is 1.61 bits per heavy atom. The van der Waals surface area contributed by atoms with Crippen molar-refractivity contribution in [2.45, 2.75) is 18.2 Å². The molecule has 5 nitrogen and oxygen atoms in total. The largest absolute Gasteiger partial charge is 0.361 e. The summed E-state index contributed by atoms with van der Waals surface area (Å²) in [6.07, 6.45) is 2.57. The fourth-order valence-corrected chi connectivity index (χ4v) is 2.42. The third-order valence-electron chi connectivity index (χ3n) is 2.22. The number of nitro groups is 1. The molecule has 0 aliphatic rings. The maximum atomic E-state index is 10.7. The Labute approximate surface area is 111 Å². The number of nitrogens with zero attached hydrogens (tertiary/aromatic N) is 2. The molecule has 6 heteroatoms. The lowest BCUT2D eigenvalue weighted by Gasteiger charge is -2.16. The molecule has 1 N–H and O–H groups in total. The number of hydrogen-bond acceptors (Lipinski definition) is 5. The van der Waals surface area contributed by atoms with E-state index in [1.165, 1.54) is 18.3 Å². The van der Waals surface area contributed by atoms with Crippen LogP contribution in [0.5, 0.6) is 0 Å². The van der Waals surface area contributed by atoms with Crippen molar-refractivity contribution in [1.29, 1.82) is 0 Å². The second kappa shape index (κ2) is 7.03. The van der Waals surface area contributed by atoms with E-state index in [-0.39, 0.29) is 5.69 Å². The summed E-state index contributed by atoms with van der Waals surface area (Å²) in [5, 5.41) is 13.7. The average molecular weight is 267 g/mol. The minimum Gasteiger partial charge on any atom is -0.361 e. The van der Waals surface area contributed by atoms with Crippen LogP contribution in [0.1, 0.15) is 13.3 Å². The third kappa shape index (κ3) is 4.05. The average Bonchev–Trinajstić information content (AvgIpc) is 2.31. The number of hydrogen-bond donors (Lipinski definition) is 1. The van der Waals surface area contributed by atoms with Crippen molar-refractivity contribution >= 4 is 23.3 Å². The summed E-state index contributed by atoms with van der Waals surface area (Å²) in [6.45, 7) is 6.64. The zero-order valence-electron chi connectivity index (χ0n) is 10.5. The van der Waals surface area contributed by atoms with Gasteiger partial charge < -0.3 is 5.32 Å². The van der Waals surface area contributed by atoms with Gasteiger partial charge in [0.1, 0.15) is 0 Å². The Morgan fingerprint density at radius 2 is 2.33 bits per heavy atom. The number of nitrogens with one attached hydrogen (secondary N) is 1. The van der Waals surface area contributed by atoms with Crippen LogP contribution in [-0.2, 0) is 0 Å². The van der Waals surface area contributed by atoms with E-state index in [4.69, 9.17) is 0 Å². The van der Waals surface area contributed by atoms with Gasteiger partial charge in [0.25, 0.3) is 5.69 Å². The molecular formula is C12H17N3O2S. The van der Waals surface area contributed by atoms with E-state index >= 15 is 0 Å². The molecule has 0 aliphatic carbocycles. The second-order valence-electron chi connectivity index (χ2n) is 3.73. The SMILES string of the molecule is C=CNc1cc([N+](=O)[O-])ccc1SN(C)CCC. The van der Waals surface area contributed by atoms with Gasteiger partial charge in [0.15, 0.2) is 0 Å². The van der Waals surface area contributed by atoms with Gasteiger partial charge in [-0.1, -0.05) is 13.5 Å². The normalized spacial score (nSPS) is 10.4. The molecule has 1 aromatic rings. The van der Waals surface area contributed by atoms with Crippen LogP contribution in [0.4, 0.5) is 11.4 Å². The smallest absolute Gasteiger partial charge is 0.271 e. The van der Waals surface area contributed by atoms with Crippen LogP contribution in [0, 0.1) is 10.1 Å². The molecule has 0 aliphatic heterocycles. The first-order valence-corrected chi connectivity index (χ1v) is 6.40. The predicted molar refractivity (Wildman–Crippen MR) is 75.7 cm³/mol. The van der Waals surface area contributed by atoms with Crippen LogP contribution in [0.25, 0.3) is 0 Å². The zero-order chi connectivity index (χ0) is 13.5. The Morgan fingerprint density at radius 3 is 2.89 bits per heavy atom. The van der Waals surface area contributed by atoms with Crippen LogP contribution in [0.15, 0.2) is 35.9 Å². The van der Waals surface area contributed by atoms with Crippen LogP contribution >= 0.6 is 11.9 Å². The molecular weight excluding hydrogens is 250 g/mol. The third-order valence-corrected chi connectivity index (χ3v) is 3.27. The second-order valence-corrected chi connectivity index (χ2v) is 4.97. The Balaban J connectivity index is 2.95. The van der Waals surface area contributed by atoms with Gasteiger partial charge in [-0.05, 0) is 37.7 Å². The van der Waals surface area contributed by atoms with Gasteiger partial charge in [-0.15, -0.1) is 0 Å². The fourth-order valence-electron chi connectivity index (χ4n) is 1.46. The van der Waals surface area contributed by atoms with Gasteiger partial charge in [-0.25, -0.2) is 4.31 Å². The van der Waals surface area contributed by atoms with Crippen molar-refractivity contribution in [2.75, 3.05) is 18.9 Å². The van der Waals surface area contributed by atoms with E-state index in [1.54, 1.807) is 18.0 Å². The summed E-state index contributed by atoms with van der Waals surface area (Å²) in [5.41, 5.74) is 0.772. The molecule has 0 unspecified atom stereocenters. The minimum absolute atomic E-state index is 0.0712. The highest BCUT2D eigenvalue weighted by atomic mass is 32.2. The summed E-state index contributed by atoms with van der Waals surface area (Å²) in [4.78, 5) is 11.3. The maximum absolute atomic E-state index is 10.7. The quantitative estimate of drug-likeness (QED) is 0.465. The van der Waals surface area contributed by atoms with Crippen molar-refractivity contribution in [3.05, 3.63) is 41.1 Å². The standard InChI is InChI=1S/C12H17N3O2S/c1-4-8-14(3)18-12-7-6-10(15(16)17)9-11(12)13-5-2/h5-7,9,13H,2,4,8H2,1,3H3. The van der Waals surface area contributed by atoms with E-state index in [0.29, 0.717) is 5.69 Å². The number of nitro benzene ring substituents is 1. The topological polar surface area (TPSA) is 58.4 Å². The Hall–Kier alpha value is -1.53. The first-order chi connectivity index (χ1) is 8.58. The summed E-state index contributed by atoms with van der Waals surface area (Å²) < 4.78 is 2.09. The van der Waals surface area contributed by atoms with Crippen molar-refractivity contribution < 1.29 is 4.92 Å². The number of rotatable bonds is 7. The van der Waals surface area contributed by atoms with Gasteiger partial charge in [0.2, 0.25) is 0 Å². The number of anilines is 1. The molecule has 0 bridgehead atoms. The van der Waals surface area contributed by atoms with E-state index in [0.717, 1.165) is 17.9 Å². The van der Waals surface area contributed by atoms with Crippen LogP contribution < -0.4 is 5.32 Å². The highest BCUT2D eigenvalue weighted by Gasteiger charge is 2.12. The van der Waals surface area contributed by atoms with Gasteiger partial charge in [0, 0.05) is 23.6 Å². The highest BCUT2D eigenvalue weighted by molar-refractivity contribution is 7.97. The van der Waals surface area contributed by atoms with Crippen LogP contribution in [0.3, 0.4) is 0 Å². The van der Waals surface area contributed by atoms with E-state index in [2.05, 4.69) is 23.1 Å². The Kier molecular flexibility index (Phi) is 5.67. The molecule has 0 spiro atoms. The monoisotopic (exact) mass is 267 g/mol. The predicted octanol–water partition coefficient (Wildman–Crippen LogP) is 3.50. The van der Waals surface area contributed by atoms with Crippen LogP contribution in [-0.4, -0.2) is 22.8 Å². The molecule has 1 aromatic carbocycles. The lowest BCUT2D eigenvalue weighted by Crippen LogP contribution is -2.09. The maximum Gasteiger partial charge on any atom is 0.271 e. The molecule has 98 valence electrons.